The summed E-state index contributed by atoms with van der Waals surface area (Å²) in [5.74, 6) is -0.604. The molecule has 0 spiro atoms. The molecule has 2 N–H and O–H groups in total. The molecule has 0 bridgehead atoms. The lowest BCUT2D eigenvalue weighted by molar-refractivity contribution is -0.137. The topological polar surface area (TPSA) is 88.2 Å². The number of nitrogens with one attached hydrogen (secondary N) is 2. The van der Waals surface area contributed by atoms with Gasteiger partial charge in [0.2, 0.25) is 0 Å². The van der Waals surface area contributed by atoms with E-state index in [1.54, 1.807) is 12.1 Å². The number of anilines is 2. The van der Waals surface area contributed by atoms with Crippen LogP contribution in [-0.2, 0) is 16.2 Å². The van der Waals surface area contributed by atoms with Crippen molar-refractivity contribution in [2.75, 3.05) is 10.0 Å². The largest absolute Gasteiger partial charge is 0.416 e. The standard InChI is InChI=1S/C19H14F3N3O3S/c20-19(21,22)14-5-3-4-13(12-14)18(26)24-15-7-9-16(10-8-15)29(27,28)25-17-6-1-2-11-23-17/h1-12H,(H,23,25)(H,24,26). The number of sulfonamides is 1. The Morgan fingerprint density at radius 1 is 0.931 bits per heavy atom. The molecule has 29 heavy (non-hydrogen) atoms. The van der Waals surface area contributed by atoms with Gasteiger partial charge in [0.05, 0.1) is 10.5 Å². The highest BCUT2D eigenvalue weighted by atomic mass is 32.2. The Labute approximate surface area is 164 Å². The van der Waals surface area contributed by atoms with Crippen LogP contribution >= 0.6 is 0 Å². The average molecular weight is 421 g/mol. The second kappa shape index (κ2) is 7.92. The molecule has 3 rings (SSSR count). The second-order valence-electron chi connectivity index (χ2n) is 5.88. The molecule has 0 unspecified atom stereocenters. The van der Waals surface area contributed by atoms with Crippen molar-refractivity contribution in [2.24, 2.45) is 0 Å². The summed E-state index contributed by atoms with van der Waals surface area (Å²) in [7, 11) is -3.88. The summed E-state index contributed by atoms with van der Waals surface area (Å²) in [4.78, 5) is 16.0. The first-order valence-corrected chi connectivity index (χ1v) is 9.66. The molecule has 1 aromatic heterocycles. The molecule has 150 valence electrons. The molecule has 0 aliphatic carbocycles. The van der Waals surface area contributed by atoms with E-state index >= 15 is 0 Å². The fraction of sp³-hybridized carbons (Fsp3) is 0.0526. The molecule has 3 aromatic rings. The Kier molecular flexibility index (Phi) is 5.55. The predicted molar refractivity (Wildman–Crippen MR) is 101 cm³/mol. The third-order valence-corrected chi connectivity index (χ3v) is 5.15. The number of aromatic nitrogens is 1. The Hall–Kier alpha value is -3.40. The molecule has 0 aliphatic heterocycles. The van der Waals surface area contributed by atoms with E-state index in [-0.39, 0.29) is 22.0 Å². The van der Waals surface area contributed by atoms with Crippen molar-refractivity contribution in [3.8, 4) is 0 Å². The summed E-state index contributed by atoms with van der Waals surface area (Å²) in [6.45, 7) is 0. The van der Waals surface area contributed by atoms with Crippen molar-refractivity contribution in [2.45, 2.75) is 11.1 Å². The lowest BCUT2D eigenvalue weighted by atomic mass is 10.1. The molecule has 2 aromatic carbocycles. The van der Waals surface area contributed by atoms with Gasteiger partial charge in [-0.25, -0.2) is 13.4 Å². The number of pyridine rings is 1. The fourth-order valence-electron chi connectivity index (χ4n) is 2.38. The van der Waals surface area contributed by atoms with Crippen LogP contribution in [0.4, 0.5) is 24.7 Å². The molecule has 0 aliphatic rings. The summed E-state index contributed by atoms with van der Waals surface area (Å²) in [5.41, 5.74) is -0.885. The third kappa shape index (κ3) is 5.11. The van der Waals surface area contributed by atoms with Gasteiger partial charge in [-0.15, -0.1) is 0 Å². The van der Waals surface area contributed by atoms with Crippen LogP contribution in [0.25, 0.3) is 0 Å². The monoisotopic (exact) mass is 421 g/mol. The van der Waals surface area contributed by atoms with Crippen molar-refractivity contribution < 1.29 is 26.4 Å². The number of hydrogen-bond acceptors (Lipinski definition) is 4. The van der Waals surface area contributed by atoms with Crippen LogP contribution in [-0.4, -0.2) is 19.3 Å². The maximum atomic E-state index is 12.8. The molecular formula is C19H14F3N3O3S. The molecule has 0 radical (unpaired) electrons. The van der Waals surface area contributed by atoms with Crippen LogP contribution in [0.15, 0.2) is 77.8 Å². The Morgan fingerprint density at radius 3 is 2.28 bits per heavy atom. The fourth-order valence-corrected chi connectivity index (χ4v) is 3.39. The van der Waals surface area contributed by atoms with Crippen LogP contribution in [0.2, 0.25) is 0 Å². The highest BCUT2D eigenvalue weighted by Gasteiger charge is 2.30. The number of benzene rings is 2. The van der Waals surface area contributed by atoms with Crippen LogP contribution < -0.4 is 10.0 Å². The first kappa shape index (κ1) is 20.3. The number of rotatable bonds is 5. The van der Waals surface area contributed by atoms with E-state index in [2.05, 4.69) is 15.0 Å². The minimum Gasteiger partial charge on any atom is -0.322 e. The van der Waals surface area contributed by atoms with E-state index in [1.165, 1.54) is 42.6 Å². The summed E-state index contributed by atoms with van der Waals surface area (Å²) in [6.07, 6.45) is -3.13. The van der Waals surface area contributed by atoms with E-state index in [1.807, 2.05) is 0 Å². The zero-order chi connectivity index (χ0) is 21.1. The number of nitrogens with zero attached hydrogens (tertiary/aromatic N) is 1. The van der Waals surface area contributed by atoms with E-state index in [4.69, 9.17) is 0 Å². The predicted octanol–water partition coefficient (Wildman–Crippen LogP) is 4.15. The highest BCUT2D eigenvalue weighted by molar-refractivity contribution is 7.92. The van der Waals surface area contributed by atoms with Gasteiger partial charge >= 0.3 is 6.18 Å². The molecule has 0 saturated carbocycles. The minimum absolute atomic E-state index is 0.0692. The van der Waals surface area contributed by atoms with Gasteiger partial charge in [-0.2, -0.15) is 13.2 Å². The van der Waals surface area contributed by atoms with Crippen LogP contribution in [0, 0.1) is 0 Å². The number of carbonyl (C=O) groups excluding carboxylic acids is 1. The summed E-state index contributed by atoms with van der Waals surface area (Å²) < 4.78 is 65.3. The Bertz CT molecular complexity index is 1120. The van der Waals surface area contributed by atoms with Gasteiger partial charge in [0, 0.05) is 17.4 Å². The van der Waals surface area contributed by atoms with Gasteiger partial charge in [0.25, 0.3) is 15.9 Å². The van der Waals surface area contributed by atoms with Gasteiger partial charge in [-0.05, 0) is 54.6 Å². The van der Waals surface area contributed by atoms with Crippen LogP contribution in [0.5, 0.6) is 0 Å². The lowest BCUT2D eigenvalue weighted by Gasteiger charge is -2.10. The molecule has 6 nitrogen and oxygen atoms in total. The van der Waals surface area contributed by atoms with Gasteiger partial charge in [0.15, 0.2) is 0 Å². The van der Waals surface area contributed by atoms with Crippen molar-refractivity contribution in [3.63, 3.8) is 0 Å². The lowest BCUT2D eigenvalue weighted by Crippen LogP contribution is -2.15. The van der Waals surface area contributed by atoms with E-state index in [0.717, 1.165) is 18.2 Å². The Balaban J connectivity index is 1.73. The zero-order valence-electron chi connectivity index (χ0n) is 14.6. The molecule has 1 amide bonds. The zero-order valence-corrected chi connectivity index (χ0v) is 15.5. The summed E-state index contributed by atoms with van der Waals surface area (Å²) >= 11 is 0. The third-order valence-electron chi connectivity index (χ3n) is 3.78. The quantitative estimate of drug-likeness (QED) is 0.648. The van der Waals surface area contributed by atoms with E-state index in [9.17, 15) is 26.4 Å². The van der Waals surface area contributed by atoms with Crippen LogP contribution in [0.3, 0.4) is 0 Å². The number of amides is 1. The second-order valence-corrected chi connectivity index (χ2v) is 7.56. The normalized spacial score (nSPS) is 11.7. The molecule has 0 atom stereocenters. The Morgan fingerprint density at radius 2 is 1.66 bits per heavy atom. The van der Waals surface area contributed by atoms with E-state index < -0.39 is 27.7 Å². The summed E-state index contributed by atoms with van der Waals surface area (Å²) in [5, 5.41) is 2.43. The van der Waals surface area contributed by atoms with Gasteiger partial charge in [-0.1, -0.05) is 12.1 Å². The minimum atomic E-state index is -4.56. The smallest absolute Gasteiger partial charge is 0.322 e. The summed E-state index contributed by atoms with van der Waals surface area (Å²) in [6, 6.07) is 13.9. The highest BCUT2D eigenvalue weighted by Crippen LogP contribution is 2.29. The van der Waals surface area contributed by atoms with Gasteiger partial charge < -0.3 is 5.32 Å². The van der Waals surface area contributed by atoms with Crippen molar-refractivity contribution in [1.82, 2.24) is 4.98 Å². The molecule has 10 heteroatoms. The molecular weight excluding hydrogens is 407 g/mol. The molecule has 0 fully saturated rings. The first-order chi connectivity index (χ1) is 13.6. The SMILES string of the molecule is O=C(Nc1ccc(S(=O)(=O)Nc2ccccn2)cc1)c1cccc(C(F)(F)F)c1. The molecule has 1 heterocycles. The first-order valence-electron chi connectivity index (χ1n) is 8.18. The molecule has 0 saturated heterocycles. The van der Waals surface area contributed by atoms with Crippen LogP contribution in [0.1, 0.15) is 15.9 Å². The van der Waals surface area contributed by atoms with Gasteiger partial charge in [0.1, 0.15) is 5.82 Å². The van der Waals surface area contributed by atoms with Crippen molar-refractivity contribution in [3.05, 3.63) is 84.1 Å². The number of alkyl halides is 3. The number of halogens is 3. The number of carbonyl (C=O) groups is 1. The van der Waals surface area contributed by atoms with Gasteiger partial charge in [-0.3, -0.25) is 9.52 Å². The van der Waals surface area contributed by atoms with Crippen molar-refractivity contribution >= 4 is 27.4 Å². The average Bonchev–Trinajstić information content (AvgIpc) is 2.68. The maximum absolute atomic E-state index is 12.8. The van der Waals surface area contributed by atoms with Crippen molar-refractivity contribution in [1.29, 1.82) is 0 Å². The van der Waals surface area contributed by atoms with E-state index in [0.29, 0.717) is 0 Å². The maximum Gasteiger partial charge on any atom is 0.416 e. The number of hydrogen-bond donors (Lipinski definition) is 2.